The summed E-state index contributed by atoms with van der Waals surface area (Å²) in [5, 5.41) is 3.57. The molecule has 3 heterocycles. The number of anilines is 1. The first-order chi connectivity index (χ1) is 13.7. The molecule has 0 unspecified atom stereocenters. The van der Waals surface area contributed by atoms with Crippen LogP contribution in [-0.2, 0) is 17.7 Å². The van der Waals surface area contributed by atoms with E-state index in [0.29, 0.717) is 35.5 Å². The zero-order valence-electron chi connectivity index (χ0n) is 16.3. The number of hydrogen-bond acceptors (Lipinski definition) is 5. The van der Waals surface area contributed by atoms with Crippen molar-refractivity contribution in [1.82, 2.24) is 14.9 Å². The molecule has 1 aliphatic rings. The number of benzene rings is 1. The van der Waals surface area contributed by atoms with Crippen LogP contribution in [0, 0.1) is 5.82 Å². The topological polar surface area (TPSA) is 87.3 Å². The molecule has 1 aliphatic heterocycles. The molecular formula is C20H21FN4O3S. The molecule has 1 aromatic carbocycles. The molecule has 0 radical (unpaired) electrons. The summed E-state index contributed by atoms with van der Waals surface area (Å²) in [6, 6.07) is 6.13. The first-order valence-electron chi connectivity index (χ1n) is 9.25. The Morgan fingerprint density at radius 1 is 1.34 bits per heavy atom. The second kappa shape index (κ2) is 7.14. The molecule has 7 nitrogen and oxygen atoms in total. The van der Waals surface area contributed by atoms with Gasteiger partial charge in [-0.2, -0.15) is 0 Å². The van der Waals surface area contributed by atoms with Crippen molar-refractivity contribution in [3.8, 4) is 0 Å². The fraction of sp³-hybridized carbons (Fsp3) is 0.350. The van der Waals surface area contributed by atoms with Crippen LogP contribution in [0.25, 0.3) is 10.9 Å². The lowest BCUT2D eigenvalue weighted by Crippen LogP contribution is -2.39. The van der Waals surface area contributed by atoms with Crippen LogP contribution >= 0.6 is 11.3 Å². The molecule has 2 amide bonds. The van der Waals surface area contributed by atoms with Crippen molar-refractivity contribution < 1.29 is 18.7 Å². The van der Waals surface area contributed by atoms with Crippen LogP contribution in [0.2, 0.25) is 0 Å². The Labute approximate surface area is 170 Å². The third-order valence-electron chi connectivity index (χ3n) is 4.46. The van der Waals surface area contributed by atoms with Crippen LogP contribution in [0.4, 0.5) is 14.3 Å². The van der Waals surface area contributed by atoms with Crippen LogP contribution in [0.3, 0.4) is 0 Å². The predicted octanol–water partition coefficient (Wildman–Crippen LogP) is 4.31. The SMILES string of the molecule is CC(C)(C)OC(=O)N1CCc2nc(NC(=O)c3cc4c(F)cccc4[nH]3)sc2C1. The molecule has 2 aromatic heterocycles. The lowest BCUT2D eigenvalue weighted by molar-refractivity contribution is 0.0225. The van der Waals surface area contributed by atoms with Gasteiger partial charge in [-0.05, 0) is 39.0 Å². The number of aromatic nitrogens is 2. The molecule has 152 valence electrons. The fourth-order valence-electron chi connectivity index (χ4n) is 3.14. The molecule has 3 aromatic rings. The number of fused-ring (bicyclic) bond motifs is 2. The van der Waals surface area contributed by atoms with Gasteiger partial charge in [-0.3, -0.25) is 10.1 Å². The predicted molar refractivity (Wildman–Crippen MR) is 109 cm³/mol. The van der Waals surface area contributed by atoms with E-state index in [0.717, 1.165) is 10.6 Å². The Bertz CT molecular complexity index is 1100. The van der Waals surface area contributed by atoms with Crippen LogP contribution in [0.15, 0.2) is 24.3 Å². The summed E-state index contributed by atoms with van der Waals surface area (Å²) in [5.74, 6) is -0.777. The highest BCUT2D eigenvalue weighted by atomic mass is 32.1. The van der Waals surface area contributed by atoms with Gasteiger partial charge in [0.1, 0.15) is 17.1 Å². The van der Waals surface area contributed by atoms with Gasteiger partial charge in [0.15, 0.2) is 5.13 Å². The summed E-state index contributed by atoms with van der Waals surface area (Å²) in [4.78, 5) is 34.8. The minimum Gasteiger partial charge on any atom is -0.444 e. The number of nitrogens with zero attached hydrogens (tertiary/aromatic N) is 2. The Morgan fingerprint density at radius 2 is 2.14 bits per heavy atom. The second-order valence-electron chi connectivity index (χ2n) is 7.88. The van der Waals surface area contributed by atoms with E-state index in [-0.39, 0.29) is 17.6 Å². The summed E-state index contributed by atoms with van der Waals surface area (Å²) < 4.78 is 19.3. The number of ether oxygens (including phenoxy) is 1. The Kier molecular flexibility index (Phi) is 4.77. The minimum absolute atomic E-state index is 0.258. The number of carbonyl (C=O) groups is 2. The van der Waals surface area contributed by atoms with E-state index in [1.807, 2.05) is 20.8 Å². The van der Waals surface area contributed by atoms with E-state index >= 15 is 0 Å². The van der Waals surface area contributed by atoms with Gasteiger partial charge in [0, 0.05) is 28.7 Å². The zero-order valence-corrected chi connectivity index (χ0v) is 17.2. The van der Waals surface area contributed by atoms with E-state index in [1.54, 1.807) is 17.0 Å². The molecule has 4 rings (SSSR count). The average Bonchev–Trinajstić information content (AvgIpc) is 3.23. The highest BCUT2D eigenvalue weighted by molar-refractivity contribution is 7.15. The Hall–Kier alpha value is -2.94. The van der Waals surface area contributed by atoms with E-state index in [9.17, 15) is 14.0 Å². The molecule has 2 N–H and O–H groups in total. The van der Waals surface area contributed by atoms with Crippen molar-refractivity contribution >= 4 is 39.4 Å². The summed E-state index contributed by atoms with van der Waals surface area (Å²) in [6.07, 6.45) is 0.237. The lowest BCUT2D eigenvalue weighted by Gasteiger charge is -2.29. The van der Waals surface area contributed by atoms with Gasteiger partial charge >= 0.3 is 6.09 Å². The van der Waals surface area contributed by atoms with Crippen molar-refractivity contribution in [2.45, 2.75) is 39.3 Å². The summed E-state index contributed by atoms with van der Waals surface area (Å²) in [5.41, 5.74) is 1.13. The van der Waals surface area contributed by atoms with Gasteiger partial charge in [-0.25, -0.2) is 14.2 Å². The molecule has 0 spiro atoms. The Morgan fingerprint density at radius 3 is 2.86 bits per heavy atom. The van der Waals surface area contributed by atoms with Crippen molar-refractivity contribution in [3.05, 3.63) is 46.3 Å². The number of nitrogens with one attached hydrogen (secondary N) is 2. The molecule has 0 saturated carbocycles. The van der Waals surface area contributed by atoms with Gasteiger partial charge in [0.05, 0.1) is 12.2 Å². The number of halogens is 1. The van der Waals surface area contributed by atoms with Crippen molar-refractivity contribution in [2.24, 2.45) is 0 Å². The van der Waals surface area contributed by atoms with Crippen LogP contribution in [0.5, 0.6) is 0 Å². The highest BCUT2D eigenvalue weighted by Gasteiger charge is 2.28. The monoisotopic (exact) mass is 416 g/mol. The number of hydrogen-bond donors (Lipinski definition) is 2. The molecule has 0 aliphatic carbocycles. The fourth-order valence-corrected chi connectivity index (χ4v) is 4.16. The van der Waals surface area contributed by atoms with Crippen LogP contribution < -0.4 is 5.32 Å². The van der Waals surface area contributed by atoms with E-state index < -0.39 is 11.5 Å². The minimum atomic E-state index is -0.552. The van der Waals surface area contributed by atoms with E-state index in [4.69, 9.17) is 4.74 Å². The van der Waals surface area contributed by atoms with Crippen LogP contribution in [0.1, 0.15) is 41.8 Å². The molecule has 9 heteroatoms. The molecule has 0 atom stereocenters. The zero-order chi connectivity index (χ0) is 20.8. The normalized spacial score (nSPS) is 14.0. The second-order valence-corrected chi connectivity index (χ2v) is 8.96. The van der Waals surface area contributed by atoms with Gasteiger partial charge in [-0.15, -0.1) is 0 Å². The average molecular weight is 416 g/mol. The third-order valence-corrected chi connectivity index (χ3v) is 5.46. The largest absolute Gasteiger partial charge is 0.444 e. The van der Waals surface area contributed by atoms with E-state index in [1.165, 1.54) is 23.5 Å². The van der Waals surface area contributed by atoms with Gasteiger partial charge in [0.25, 0.3) is 5.91 Å². The quantitative estimate of drug-likeness (QED) is 0.652. The molecular weight excluding hydrogens is 395 g/mol. The smallest absolute Gasteiger partial charge is 0.410 e. The summed E-state index contributed by atoms with van der Waals surface area (Å²) in [6.45, 7) is 6.40. The van der Waals surface area contributed by atoms with Crippen molar-refractivity contribution in [3.63, 3.8) is 0 Å². The summed E-state index contributed by atoms with van der Waals surface area (Å²) in [7, 11) is 0. The van der Waals surface area contributed by atoms with Gasteiger partial charge in [-0.1, -0.05) is 17.4 Å². The van der Waals surface area contributed by atoms with Crippen molar-refractivity contribution in [2.75, 3.05) is 11.9 Å². The number of rotatable bonds is 2. The van der Waals surface area contributed by atoms with Gasteiger partial charge < -0.3 is 14.6 Å². The third kappa shape index (κ3) is 4.09. The maximum Gasteiger partial charge on any atom is 0.410 e. The number of carbonyl (C=O) groups excluding carboxylic acids is 2. The molecule has 0 fully saturated rings. The molecule has 29 heavy (non-hydrogen) atoms. The maximum absolute atomic E-state index is 13.8. The van der Waals surface area contributed by atoms with E-state index in [2.05, 4.69) is 15.3 Å². The number of amides is 2. The van der Waals surface area contributed by atoms with Gasteiger partial charge in [0.2, 0.25) is 0 Å². The molecule has 0 saturated heterocycles. The first-order valence-corrected chi connectivity index (χ1v) is 10.1. The number of aromatic amines is 1. The van der Waals surface area contributed by atoms with Crippen LogP contribution in [-0.4, -0.2) is 39.0 Å². The number of thiazole rings is 1. The highest BCUT2D eigenvalue weighted by Crippen LogP contribution is 2.29. The number of H-pyrrole nitrogens is 1. The van der Waals surface area contributed by atoms with Crippen molar-refractivity contribution in [1.29, 1.82) is 0 Å². The maximum atomic E-state index is 13.8. The summed E-state index contributed by atoms with van der Waals surface area (Å²) >= 11 is 1.33. The Balaban J connectivity index is 1.47. The standard InChI is InChI=1S/C20H21FN4O3S/c1-20(2,3)28-19(27)25-8-7-14-16(10-25)29-18(23-14)24-17(26)15-9-11-12(21)5-4-6-13(11)22-15/h4-6,9,22H,7-8,10H2,1-3H3,(H,23,24,26). The first kappa shape index (κ1) is 19.4. The lowest BCUT2D eigenvalue weighted by atomic mass is 10.2. The molecule has 0 bridgehead atoms.